The van der Waals surface area contributed by atoms with Gasteiger partial charge in [0.1, 0.15) is 9.55 Å². The minimum atomic E-state index is -0.535. The average molecular weight is 173 g/mol. The van der Waals surface area contributed by atoms with Crippen molar-refractivity contribution in [3.05, 3.63) is 12.7 Å². The molecule has 50 valence electrons. The maximum absolute atomic E-state index is 8.42. The maximum atomic E-state index is 8.42. The highest BCUT2D eigenvalue weighted by molar-refractivity contribution is 6.80. The first-order valence-electron chi connectivity index (χ1n) is 2.05. The largest absolute Gasteiger partial charge is 0.388 e. The minimum Gasteiger partial charge on any atom is -0.388 e. The van der Waals surface area contributed by atoms with Gasteiger partial charge in [0, 0.05) is 0 Å². The van der Waals surface area contributed by atoms with Gasteiger partial charge in [-0.25, -0.2) is 0 Å². The zero-order valence-electron chi connectivity index (χ0n) is 4.77. The Hall–Kier alpha value is 0.497. The van der Waals surface area contributed by atoms with E-state index in [2.05, 4.69) is 6.58 Å². The number of rotatable bonds is 2. The summed E-state index contributed by atoms with van der Waals surface area (Å²) >= 11 is 9.91. The van der Waals surface area contributed by atoms with E-state index in [0.29, 0.717) is 0 Å². The van der Waals surface area contributed by atoms with Gasteiger partial charge in [-0.2, -0.15) is 11.1 Å². The molecule has 0 aromatic heterocycles. The Morgan fingerprint density at radius 2 is 2.12 bits per heavy atom. The van der Waals surface area contributed by atoms with Crippen LogP contribution in [-0.4, -0.2) is 26.6 Å². The molecule has 0 radical (unpaired) electrons. The molecule has 0 bridgehead atoms. The van der Waals surface area contributed by atoms with Crippen molar-refractivity contribution in [1.82, 2.24) is 0 Å². The normalized spacial score (nSPS) is 11.4. The molecule has 0 spiro atoms. The summed E-state index contributed by atoms with van der Waals surface area (Å²) < 4.78 is 0. The van der Waals surface area contributed by atoms with Gasteiger partial charge in [-0.05, 0) is 0 Å². The summed E-state index contributed by atoms with van der Waals surface area (Å²) in [6.07, 6.45) is 0.860. The lowest BCUT2D eigenvalue weighted by atomic mass is 10.4. The van der Waals surface area contributed by atoms with Crippen molar-refractivity contribution in [2.24, 2.45) is 0 Å². The predicted molar refractivity (Wildman–Crippen MR) is 42.7 cm³/mol. The zero-order chi connectivity index (χ0) is 6.99. The first-order valence-corrected chi connectivity index (χ1v) is 5.61. The highest BCUT2D eigenvalue weighted by Crippen LogP contribution is 1.84. The molecule has 0 aromatic rings. The van der Waals surface area contributed by atoms with E-state index < -0.39 is 6.10 Å². The van der Waals surface area contributed by atoms with Crippen LogP contribution in [0.1, 0.15) is 0 Å². The molecule has 0 saturated carbocycles. The van der Waals surface area contributed by atoms with Gasteiger partial charge in [-0.15, -0.1) is 18.2 Å². The summed E-state index contributed by atoms with van der Waals surface area (Å²) in [6.45, 7) is 3.30. The monoisotopic (exact) mass is 172 g/mol. The van der Waals surface area contributed by atoms with E-state index >= 15 is 0 Å². The SMILES string of the molecule is C=CC(O)CCl.[SiH3]Cl. The van der Waals surface area contributed by atoms with Crippen molar-refractivity contribution in [1.29, 1.82) is 0 Å². The van der Waals surface area contributed by atoms with Crippen molar-refractivity contribution < 1.29 is 5.11 Å². The average Bonchev–Trinajstić information content (AvgIpc) is 1.91. The van der Waals surface area contributed by atoms with Gasteiger partial charge in [-0.1, -0.05) is 6.08 Å². The first-order chi connectivity index (χ1) is 3.81. The quantitative estimate of drug-likeness (QED) is 0.275. The lowest BCUT2D eigenvalue weighted by molar-refractivity contribution is 0.247. The molecule has 0 amide bonds. The fourth-order valence-corrected chi connectivity index (χ4v) is 0.189. The molecule has 0 rings (SSSR count). The van der Waals surface area contributed by atoms with Crippen LogP contribution in [0.3, 0.4) is 0 Å². The summed E-state index contributed by atoms with van der Waals surface area (Å²) in [5, 5.41) is 8.42. The van der Waals surface area contributed by atoms with Crippen LogP contribution in [0.2, 0.25) is 0 Å². The molecule has 0 aliphatic rings. The van der Waals surface area contributed by atoms with Gasteiger partial charge in [-0.3, -0.25) is 0 Å². The van der Waals surface area contributed by atoms with Gasteiger partial charge < -0.3 is 5.11 Å². The zero-order valence-corrected chi connectivity index (χ0v) is 8.28. The van der Waals surface area contributed by atoms with E-state index in [1.54, 1.807) is 0 Å². The Morgan fingerprint density at radius 1 is 1.75 bits per heavy atom. The third-order valence-corrected chi connectivity index (χ3v) is 0.746. The summed E-state index contributed by atoms with van der Waals surface area (Å²) in [7, 11) is 0.778. The van der Waals surface area contributed by atoms with Crippen LogP contribution >= 0.6 is 22.7 Å². The third-order valence-electron chi connectivity index (χ3n) is 0.430. The van der Waals surface area contributed by atoms with Crippen LogP contribution in [0.4, 0.5) is 0 Å². The summed E-state index contributed by atoms with van der Waals surface area (Å²) in [5.74, 6) is 0.240. The van der Waals surface area contributed by atoms with E-state index in [-0.39, 0.29) is 5.88 Å². The predicted octanol–water partition coefficient (Wildman–Crippen LogP) is 0.278. The van der Waals surface area contributed by atoms with Gasteiger partial charge in [0.15, 0.2) is 0 Å². The molecule has 0 fully saturated rings. The van der Waals surface area contributed by atoms with Gasteiger partial charge in [0.2, 0.25) is 0 Å². The van der Waals surface area contributed by atoms with E-state index in [0.717, 1.165) is 9.55 Å². The molecule has 1 atom stereocenters. The maximum Gasteiger partial charge on any atom is 0.109 e. The highest BCUT2D eigenvalue weighted by atomic mass is 35.6. The fraction of sp³-hybridized carbons (Fsp3) is 0.500. The molecule has 8 heavy (non-hydrogen) atoms. The topological polar surface area (TPSA) is 20.2 Å². The van der Waals surface area contributed by atoms with Crippen LogP contribution in [-0.2, 0) is 0 Å². The van der Waals surface area contributed by atoms with Gasteiger partial charge >= 0.3 is 0 Å². The van der Waals surface area contributed by atoms with Crippen LogP contribution in [0.25, 0.3) is 0 Å². The van der Waals surface area contributed by atoms with E-state index in [9.17, 15) is 0 Å². The molecule has 4 heteroatoms. The molecular formula is C4H10Cl2OSi. The van der Waals surface area contributed by atoms with E-state index in [1.807, 2.05) is 0 Å². The molecule has 1 N–H and O–H groups in total. The minimum absolute atomic E-state index is 0.240. The van der Waals surface area contributed by atoms with Crippen molar-refractivity contribution >= 4 is 32.2 Å². The number of aliphatic hydroxyl groups is 1. The van der Waals surface area contributed by atoms with Crippen LogP contribution in [0.5, 0.6) is 0 Å². The number of aliphatic hydroxyl groups excluding tert-OH is 1. The lowest BCUT2D eigenvalue weighted by Crippen LogP contribution is -2.00. The summed E-state index contributed by atoms with van der Waals surface area (Å²) in [4.78, 5) is 0. The van der Waals surface area contributed by atoms with E-state index in [4.69, 9.17) is 27.8 Å². The fourth-order valence-electron chi connectivity index (χ4n) is 0.0630. The third kappa shape index (κ3) is 9.71. The van der Waals surface area contributed by atoms with Crippen LogP contribution in [0.15, 0.2) is 12.7 Å². The number of hydrogen-bond donors (Lipinski definition) is 1. The Labute approximate surface area is 62.4 Å². The van der Waals surface area contributed by atoms with Crippen molar-refractivity contribution in [3.63, 3.8) is 0 Å². The van der Waals surface area contributed by atoms with E-state index in [1.165, 1.54) is 6.08 Å². The van der Waals surface area contributed by atoms with Crippen LogP contribution < -0.4 is 0 Å². The molecule has 1 unspecified atom stereocenters. The molecule has 0 heterocycles. The molecule has 0 saturated heterocycles. The van der Waals surface area contributed by atoms with Gasteiger partial charge in [0.25, 0.3) is 0 Å². The standard InChI is InChI=1S/C4H7ClO.ClH3Si/c1-2-4(6)3-5;1-2/h2,4,6H,1,3H2;2H3. The summed E-state index contributed by atoms with van der Waals surface area (Å²) in [5.41, 5.74) is 0. The lowest BCUT2D eigenvalue weighted by Gasteiger charge is -1.91. The Kier molecular flexibility index (Phi) is 14.8. The second-order valence-electron chi connectivity index (χ2n) is 0.957. The number of hydrogen-bond acceptors (Lipinski definition) is 1. The highest BCUT2D eigenvalue weighted by Gasteiger charge is 1.88. The molecule has 0 aliphatic carbocycles. The van der Waals surface area contributed by atoms with Crippen LogP contribution in [0, 0.1) is 0 Å². The van der Waals surface area contributed by atoms with Crippen molar-refractivity contribution in [2.45, 2.75) is 6.10 Å². The Bertz CT molecular complexity index is 51.3. The smallest absolute Gasteiger partial charge is 0.109 e. The molecule has 1 nitrogen and oxygen atoms in total. The Balaban J connectivity index is 0. The van der Waals surface area contributed by atoms with Gasteiger partial charge in [0.05, 0.1) is 12.0 Å². The second kappa shape index (κ2) is 10.5. The molecule has 0 aromatic carbocycles. The van der Waals surface area contributed by atoms with Crippen molar-refractivity contribution in [3.8, 4) is 0 Å². The first kappa shape index (κ1) is 11.3. The number of alkyl halides is 1. The second-order valence-corrected chi connectivity index (χ2v) is 1.27. The summed E-state index contributed by atoms with van der Waals surface area (Å²) in [6, 6.07) is 0. The van der Waals surface area contributed by atoms with Crippen molar-refractivity contribution in [2.75, 3.05) is 5.88 Å². The Morgan fingerprint density at radius 3 is 2.12 bits per heavy atom. The molecule has 0 aliphatic heterocycles. The molecular weight excluding hydrogens is 163 g/mol. The number of halogens is 2.